The second-order valence-electron chi connectivity index (χ2n) is 5.55. The number of ether oxygens (including phenoxy) is 3. The van der Waals surface area contributed by atoms with Crippen molar-refractivity contribution in [2.24, 2.45) is 0 Å². The molecule has 0 aliphatic carbocycles. The van der Waals surface area contributed by atoms with E-state index < -0.39 is 6.10 Å². The summed E-state index contributed by atoms with van der Waals surface area (Å²) in [6, 6.07) is 17.7. The second kappa shape index (κ2) is 7.10. The highest BCUT2D eigenvalue weighted by Crippen LogP contribution is 2.31. The van der Waals surface area contributed by atoms with Crippen LogP contribution < -0.4 is 19.5 Å². The molecule has 0 fully saturated rings. The Labute approximate surface area is 149 Å². The van der Waals surface area contributed by atoms with E-state index in [9.17, 15) is 4.79 Å². The Morgan fingerprint density at radius 2 is 1.96 bits per heavy atom. The summed E-state index contributed by atoms with van der Waals surface area (Å²) in [6.07, 6.45) is 0.836. The van der Waals surface area contributed by atoms with Crippen molar-refractivity contribution in [1.29, 1.82) is 0 Å². The third-order valence-electron chi connectivity index (χ3n) is 3.67. The number of carbonyl (C=O) groups is 1. The molecule has 26 heavy (non-hydrogen) atoms. The van der Waals surface area contributed by atoms with Crippen LogP contribution in [0.25, 0.3) is 0 Å². The van der Waals surface area contributed by atoms with E-state index in [1.165, 1.54) is 0 Å². The lowest BCUT2D eigenvalue weighted by atomic mass is 10.2. The number of hydrogen-bond acceptors (Lipinski definition) is 6. The van der Waals surface area contributed by atoms with Gasteiger partial charge in [0, 0.05) is 24.0 Å². The molecule has 2 heterocycles. The fourth-order valence-corrected chi connectivity index (χ4v) is 2.47. The van der Waals surface area contributed by atoms with E-state index in [1.807, 2.05) is 12.1 Å². The number of rotatable bonds is 4. The maximum atomic E-state index is 12.5. The van der Waals surface area contributed by atoms with E-state index >= 15 is 0 Å². The van der Waals surface area contributed by atoms with Gasteiger partial charge in [0.05, 0.1) is 0 Å². The Morgan fingerprint density at radius 3 is 2.81 bits per heavy atom. The van der Waals surface area contributed by atoms with Crippen LogP contribution >= 0.6 is 0 Å². The van der Waals surface area contributed by atoms with Crippen molar-refractivity contribution in [3.8, 4) is 23.1 Å². The van der Waals surface area contributed by atoms with Crippen molar-refractivity contribution in [2.45, 2.75) is 6.10 Å². The van der Waals surface area contributed by atoms with Gasteiger partial charge in [-0.25, -0.2) is 0 Å². The van der Waals surface area contributed by atoms with Crippen LogP contribution in [0, 0.1) is 0 Å². The molecule has 1 aromatic heterocycles. The number of amides is 1. The average molecular weight is 349 g/mol. The van der Waals surface area contributed by atoms with Gasteiger partial charge < -0.3 is 19.5 Å². The van der Waals surface area contributed by atoms with Gasteiger partial charge in [-0.15, -0.1) is 5.10 Å². The van der Waals surface area contributed by atoms with Gasteiger partial charge in [-0.2, -0.15) is 5.10 Å². The fourth-order valence-electron chi connectivity index (χ4n) is 2.47. The van der Waals surface area contributed by atoms with Gasteiger partial charge in [-0.3, -0.25) is 4.79 Å². The van der Waals surface area contributed by atoms with Crippen LogP contribution in [0.15, 0.2) is 66.9 Å². The SMILES string of the molecule is O=C(Nc1cccc(Oc2cccnn2)c1)[C@H]1COc2ccccc2O1. The van der Waals surface area contributed by atoms with Gasteiger partial charge in [0.1, 0.15) is 12.4 Å². The molecule has 1 amide bonds. The van der Waals surface area contributed by atoms with Gasteiger partial charge in [0.25, 0.3) is 5.91 Å². The second-order valence-corrected chi connectivity index (χ2v) is 5.55. The van der Waals surface area contributed by atoms with Crippen molar-refractivity contribution in [3.05, 3.63) is 66.9 Å². The molecule has 1 aliphatic rings. The molecular formula is C19H15N3O4. The summed E-state index contributed by atoms with van der Waals surface area (Å²) < 4.78 is 16.9. The van der Waals surface area contributed by atoms with Gasteiger partial charge in [-0.05, 0) is 30.3 Å². The van der Waals surface area contributed by atoms with Gasteiger partial charge in [0.15, 0.2) is 11.5 Å². The standard InChI is InChI=1S/C19H15N3O4/c23-19(17-12-24-15-7-1-2-8-16(15)26-17)21-13-5-3-6-14(11-13)25-18-9-4-10-20-22-18/h1-11,17H,12H2,(H,21,23)/t17-/m1/s1. The first-order valence-electron chi connectivity index (χ1n) is 8.03. The smallest absolute Gasteiger partial charge is 0.269 e. The van der Waals surface area contributed by atoms with E-state index in [-0.39, 0.29) is 12.5 Å². The molecule has 3 aromatic rings. The third kappa shape index (κ3) is 3.56. The van der Waals surface area contributed by atoms with E-state index in [0.717, 1.165) is 0 Å². The molecular weight excluding hydrogens is 334 g/mol. The van der Waals surface area contributed by atoms with Crippen molar-refractivity contribution in [2.75, 3.05) is 11.9 Å². The van der Waals surface area contributed by atoms with E-state index in [1.54, 1.807) is 54.7 Å². The Balaban J connectivity index is 1.43. The number of aromatic nitrogens is 2. The zero-order chi connectivity index (χ0) is 17.8. The number of hydrogen-bond donors (Lipinski definition) is 1. The van der Waals surface area contributed by atoms with Crippen LogP contribution in [0.1, 0.15) is 0 Å². The molecule has 130 valence electrons. The minimum Gasteiger partial charge on any atom is -0.485 e. The molecule has 0 saturated heterocycles. The number of nitrogens with zero attached hydrogens (tertiary/aromatic N) is 2. The lowest BCUT2D eigenvalue weighted by molar-refractivity contribution is -0.125. The predicted octanol–water partition coefficient (Wildman–Crippen LogP) is 3.05. The van der Waals surface area contributed by atoms with Crippen molar-refractivity contribution in [3.63, 3.8) is 0 Å². The number of para-hydroxylation sites is 2. The molecule has 0 radical (unpaired) electrons. The minimum absolute atomic E-state index is 0.151. The lowest BCUT2D eigenvalue weighted by Gasteiger charge is -2.25. The number of benzene rings is 2. The molecule has 0 bridgehead atoms. The summed E-state index contributed by atoms with van der Waals surface area (Å²) in [6.45, 7) is 0.151. The van der Waals surface area contributed by atoms with E-state index in [0.29, 0.717) is 28.8 Å². The first kappa shape index (κ1) is 15.9. The predicted molar refractivity (Wildman–Crippen MR) is 93.5 cm³/mol. The Bertz CT molecular complexity index is 917. The number of nitrogens with one attached hydrogen (secondary N) is 1. The fraction of sp³-hybridized carbons (Fsp3) is 0.105. The molecule has 1 N–H and O–H groups in total. The monoisotopic (exact) mass is 349 g/mol. The molecule has 4 rings (SSSR count). The molecule has 7 heteroatoms. The highest BCUT2D eigenvalue weighted by molar-refractivity contribution is 5.94. The quantitative estimate of drug-likeness (QED) is 0.779. The Kier molecular flexibility index (Phi) is 4.34. The highest BCUT2D eigenvalue weighted by Gasteiger charge is 2.27. The maximum Gasteiger partial charge on any atom is 0.269 e. The summed E-state index contributed by atoms with van der Waals surface area (Å²) in [5, 5.41) is 10.4. The molecule has 0 unspecified atom stereocenters. The minimum atomic E-state index is -0.727. The number of anilines is 1. The van der Waals surface area contributed by atoms with Crippen LogP contribution in [0.5, 0.6) is 23.1 Å². The Morgan fingerprint density at radius 1 is 1.08 bits per heavy atom. The van der Waals surface area contributed by atoms with Crippen LogP contribution in [-0.2, 0) is 4.79 Å². The first-order valence-corrected chi connectivity index (χ1v) is 8.03. The van der Waals surface area contributed by atoms with Crippen molar-refractivity contribution >= 4 is 11.6 Å². The van der Waals surface area contributed by atoms with Crippen LogP contribution in [0.3, 0.4) is 0 Å². The van der Waals surface area contributed by atoms with Gasteiger partial charge in [0.2, 0.25) is 12.0 Å². The highest BCUT2D eigenvalue weighted by atomic mass is 16.6. The summed E-state index contributed by atoms with van der Waals surface area (Å²) in [5.74, 6) is 1.80. The molecule has 0 saturated carbocycles. The van der Waals surface area contributed by atoms with Crippen LogP contribution in [0.4, 0.5) is 5.69 Å². The van der Waals surface area contributed by atoms with Gasteiger partial charge in [-0.1, -0.05) is 18.2 Å². The number of carbonyl (C=O) groups excluding carboxylic acids is 1. The zero-order valence-corrected chi connectivity index (χ0v) is 13.7. The summed E-state index contributed by atoms with van der Waals surface area (Å²) in [7, 11) is 0. The summed E-state index contributed by atoms with van der Waals surface area (Å²) in [4.78, 5) is 12.5. The largest absolute Gasteiger partial charge is 0.485 e. The first-order chi connectivity index (χ1) is 12.8. The molecule has 1 atom stereocenters. The molecule has 1 aliphatic heterocycles. The van der Waals surface area contributed by atoms with Crippen molar-refractivity contribution < 1.29 is 19.0 Å². The zero-order valence-electron chi connectivity index (χ0n) is 13.7. The van der Waals surface area contributed by atoms with Crippen LogP contribution in [0.2, 0.25) is 0 Å². The average Bonchev–Trinajstić information content (AvgIpc) is 2.68. The summed E-state index contributed by atoms with van der Waals surface area (Å²) >= 11 is 0. The molecule has 7 nitrogen and oxygen atoms in total. The summed E-state index contributed by atoms with van der Waals surface area (Å²) in [5.41, 5.74) is 0.582. The third-order valence-corrected chi connectivity index (χ3v) is 3.67. The van der Waals surface area contributed by atoms with Gasteiger partial charge >= 0.3 is 0 Å². The number of fused-ring (bicyclic) bond motifs is 1. The topological polar surface area (TPSA) is 82.6 Å². The van der Waals surface area contributed by atoms with E-state index in [4.69, 9.17) is 14.2 Å². The normalized spacial score (nSPS) is 15.2. The Hall–Kier alpha value is -3.61. The maximum absolute atomic E-state index is 12.5. The molecule has 2 aromatic carbocycles. The van der Waals surface area contributed by atoms with E-state index in [2.05, 4.69) is 15.5 Å². The van der Waals surface area contributed by atoms with Crippen LogP contribution in [-0.4, -0.2) is 28.8 Å². The van der Waals surface area contributed by atoms with Crippen molar-refractivity contribution in [1.82, 2.24) is 10.2 Å². The molecule has 0 spiro atoms. The lowest BCUT2D eigenvalue weighted by Crippen LogP contribution is -2.40.